The van der Waals surface area contributed by atoms with E-state index in [1.54, 1.807) is 0 Å². The molecule has 0 saturated carbocycles. The average molecular weight is 195 g/mol. The molecule has 0 spiro atoms. The Bertz CT molecular complexity index is 177. The molecule has 14 heavy (non-hydrogen) atoms. The summed E-state index contributed by atoms with van der Waals surface area (Å²) in [7, 11) is 0. The Labute approximate surface area is 87.1 Å². The second-order valence-corrected chi connectivity index (χ2v) is 3.93. The largest absolute Gasteiger partial charge is 0.315 e. The number of nitrogens with one attached hydrogen (secondary N) is 1. The van der Waals surface area contributed by atoms with Gasteiger partial charge in [-0.15, -0.1) is 0 Å². The molecule has 3 heteroatoms. The molecule has 1 aliphatic heterocycles. The number of hydrogen-bond donors (Lipinski definition) is 1. The van der Waals surface area contributed by atoms with Gasteiger partial charge >= 0.3 is 0 Å². The molecule has 1 saturated heterocycles. The van der Waals surface area contributed by atoms with Crippen LogP contribution in [-0.4, -0.2) is 37.1 Å². The van der Waals surface area contributed by atoms with Crippen LogP contribution < -0.4 is 5.32 Å². The summed E-state index contributed by atoms with van der Waals surface area (Å²) in [4.78, 5) is 2.33. The fourth-order valence-corrected chi connectivity index (χ4v) is 1.90. The zero-order chi connectivity index (χ0) is 10.2. The Morgan fingerprint density at radius 2 is 2.29 bits per heavy atom. The van der Waals surface area contributed by atoms with Crippen molar-refractivity contribution in [3.05, 3.63) is 0 Å². The summed E-state index contributed by atoms with van der Waals surface area (Å²) >= 11 is 0. The molecule has 3 nitrogen and oxygen atoms in total. The minimum atomic E-state index is 0.148. The third-order valence-corrected chi connectivity index (χ3v) is 2.80. The fraction of sp³-hybridized carbons (Fsp3) is 0.909. The minimum Gasteiger partial charge on any atom is -0.315 e. The lowest BCUT2D eigenvalue weighted by Gasteiger charge is -2.24. The van der Waals surface area contributed by atoms with E-state index < -0.39 is 0 Å². The molecule has 1 unspecified atom stereocenters. The summed E-state index contributed by atoms with van der Waals surface area (Å²) in [6, 6.07) is 2.58. The van der Waals surface area contributed by atoms with Crippen molar-refractivity contribution in [3.8, 4) is 6.07 Å². The van der Waals surface area contributed by atoms with E-state index in [0.29, 0.717) is 0 Å². The molecule has 0 amide bonds. The van der Waals surface area contributed by atoms with E-state index in [4.69, 9.17) is 5.26 Å². The Morgan fingerprint density at radius 1 is 1.43 bits per heavy atom. The van der Waals surface area contributed by atoms with Crippen LogP contribution in [0.4, 0.5) is 0 Å². The van der Waals surface area contributed by atoms with Gasteiger partial charge in [-0.1, -0.05) is 19.8 Å². The molecule has 1 heterocycles. The molecule has 0 aromatic rings. The van der Waals surface area contributed by atoms with Gasteiger partial charge in [0.1, 0.15) is 0 Å². The van der Waals surface area contributed by atoms with Crippen LogP contribution in [0.3, 0.4) is 0 Å². The number of rotatable bonds is 4. The van der Waals surface area contributed by atoms with Gasteiger partial charge in [-0.25, -0.2) is 0 Å². The van der Waals surface area contributed by atoms with E-state index in [1.165, 1.54) is 19.3 Å². The Kier molecular flexibility index (Phi) is 5.58. The van der Waals surface area contributed by atoms with Crippen LogP contribution in [-0.2, 0) is 0 Å². The lowest BCUT2D eigenvalue weighted by Crippen LogP contribution is -2.36. The van der Waals surface area contributed by atoms with Crippen LogP contribution in [0, 0.1) is 11.3 Å². The average Bonchev–Trinajstić information content (AvgIpc) is 2.48. The number of nitrogens with zero attached hydrogens (tertiary/aromatic N) is 2. The number of unbranched alkanes of at least 4 members (excludes halogenated alkanes) is 1. The van der Waals surface area contributed by atoms with Gasteiger partial charge in [0.2, 0.25) is 0 Å². The zero-order valence-electron chi connectivity index (χ0n) is 9.13. The summed E-state index contributed by atoms with van der Waals surface area (Å²) in [6.07, 6.45) is 4.56. The Balaban J connectivity index is 2.37. The first-order valence-electron chi connectivity index (χ1n) is 5.73. The molecule has 0 aromatic carbocycles. The first kappa shape index (κ1) is 11.5. The highest BCUT2D eigenvalue weighted by Crippen LogP contribution is 2.09. The summed E-state index contributed by atoms with van der Waals surface area (Å²) < 4.78 is 0. The molecule has 1 atom stereocenters. The molecule has 0 aromatic heterocycles. The maximum Gasteiger partial charge on any atom is 0.0978 e. The molecule has 0 radical (unpaired) electrons. The molecule has 1 fully saturated rings. The van der Waals surface area contributed by atoms with Gasteiger partial charge in [0.25, 0.3) is 0 Å². The first-order valence-corrected chi connectivity index (χ1v) is 5.73. The molecule has 1 N–H and O–H groups in total. The highest BCUT2D eigenvalue weighted by atomic mass is 15.2. The summed E-state index contributed by atoms with van der Waals surface area (Å²) in [5.74, 6) is 0. The van der Waals surface area contributed by atoms with E-state index >= 15 is 0 Å². The minimum absolute atomic E-state index is 0.148. The van der Waals surface area contributed by atoms with Crippen LogP contribution in [0.25, 0.3) is 0 Å². The Morgan fingerprint density at radius 3 is 3.00 bits per heavy atom. The SMILES string of the molecule is CCCCC(C#N)N1CCCNCC1. The standard InChI is InChI=1S/C11H21N3/c1-2-3-5-11(10-12)14-8-4-6-13-7-9-14/h11,13H,2-9H2,1H3. The maximum absolute atomic E-state index is 9.08. The van der Waals surface area contributed by atoms with Crippen molar-refractivity contribution >= 4 is 0 Å². The van der Waals surface area contributed by atoms with Crippen LogP contribution in [0.2, 0.25) is 0 Å². The molecule has 1 aliphatic rings. The third-order valence-electron chi connectivity index (χ3n) is 2.80. The second-order valence-electron chi connectivity index (χ2n) is 3.93. The van der Waals surface area contributed by atoms with Crippen LogP contribution >= 0.6 is 0 Å². The van der Waals surface area contributed by atoms with Gasteiger partial charge in [-0.2, -0.15) is 5.26 Å². The van der Waals surface area contributed by atoms with Gasteiger partial charge in [0, 0.05) is 19.6 Å². The van der Waals surface area contributed by atoms with Crippen molar-refractivity contribution in [3.63, 3.8) is 0 Å². The zero-order valence-corrected chi connectivity index (χ0v) is 9.13. The number of nitriles is 1. The van der Waals surface area contributed by atoms with Crippen molar-refractivity contribution in [2.75, 3.05) is 26.2 Å². The van der Waals surface area contributed by atoms with Crippen LogP contribution in [0.5, 0.6) is 0 Å². The Hall–Kier alpha value is -0.590. The van der Waals surface area contributed by atoms with Crippen molar-refractivity contribution in [2.24, 2.45) is 0 Å². The highest BCUT2D eigenvalue weighted by molar-refractivity contribution is 4.92. The summed E-state index contributed by atoms with van der Waals surface area (Å²) in [5, 5.41) is 12.4. The van der Waals surface area contributed by atoms with E-state index in [-0.39, 0.29) is 6.04 Å². The van der Waals surface area contributed by atoms with E-state index in [0.717, 1.165) is 32.6 Å². The predicted octanol–water partition coefficient (Wildman–Crippen LogP) is 1.36. The van der Waals surface area contributed by atoms with Gasteiger partial charge in [-0.3, -0.25) is 4.90 Å². The molecule has 0 aliphatic carbocycles. The smallest absolute Gasteiger partial charge is 0.0978 e. The fourth-order valence-electron chi connectivity index (χ4n) is 1.90. The first-order chi connectivity index (χ1) is 6.88. The highest BCUT2D eigenvalue weighted by Gasteiger charge is 2.17. The van der Waals surface area contributed by atoms with Crippen molar-refractivity contribution < 1.29 is 0 Å². The summed E-state index contributed by atoms with van der Waals surface area (Å²) in [5.41, 5.74) is 0. The quantitative estimate of drug-likeness (QED) is 0.736. The normalized spacial score (nSPS) is 21.1. The van der Waals surface area contributed by atoms with E-state index in [1.807, 2.05) is 0 Å². The maximum atomic E-state index is 9.08. The lowest BCUT2D eigenvalue weighted by molar-refractivity contribution is 0.237. The topological polar surface area (TPSA) is 39.1 Å². The molecular formula is C11H21N3. The van der Waals surface area contributed by atoms with Gasteiger partial charge in [0.15, 0.2) is 0 Å². The molecule has 0 bridgehead atoms. The molecule has 80 valence electrons. The number of hydrogen-bond acceptors (Lipinski definition) is 3. The van der Waals surface area contributed by atoms with E-state index in [2.05, 4.69) is 23.2 Å². The molecular weight excluding hydrogens is 174 g/mol. The van der Waals surface area contributed by atoms with Crippen LogP contribution in [0.1, 0.15) is 32.6 Å². The van der Waals surface area contributed by atoms with Crippen molar-refractivity contribution in [1.82, 2.24) is 10.2 Å². The van der Waals surface area contributed by atoms with E-state index in [9.17, 15) is 0 Å². The lowest BCUT2D eigenvalue weighted by atomic mass is 10.1. The van der Waals surface area contributed by atoms with Crippen molar-refractivity contribution in [2.45, 2.75) is 38.6 Å². The third kappa shape index (κ3) is 3.65. The summed E-state index contributed by atoms with van der Waals surface area (Å²) in [6.45, 7) is 6.42. The van der Waals surface area contributed by atoms with Gasteiger partial charge in [-0.05, 0) is 19.4 Å². The monoisotopic (exact) mass is 195 g/mol. The van der Waals surface area contributed by atoms with Crippen LogP contribution in [0.15, 0.2) is 0 Å². The van der Waals surface area contributed by atoms with Gasteiger partial charge in [0.05, 0.1) is 12.1 Å². The second kappa shape index (κ2) is 6.80. The molecule has 1 rings (SSSR count). The predicted molar refractivity (Wildman–Crippen MR) is 58.0 cm³/mol. The van der Waals surface area contributed by atoms with Crippen molar-refractivity contribution in [1.29, 1.82) is 5.26 Å². The van der Waals surface area contributed by atoms with Gasteiger partial charge < -0.3 is 5.32 Å².